The number of rotatable bonds is 0. The molecule has 2 heteroatoms. The molecule has 9 heavy (non-hydrogen) atoms. The van der Waals surface area contributed by atoms with E-state index in [-0.39, 0.29) is 5.79 Å². The van der Waals surface area contributed by atoms with Gasteiger partial charge in [-0.25, -0.2) is 0 Å². The van der Waals surface area contributed by atoms with Crippen LogP contribution in [0.15, 0.2) is 0 Å². The molecule has 0 saturated carbocycles. The Hall–Kier alpha value is -0.0800. The number of hydrogen-bond acceptors (Lipinski definition) is 2. The van der Waals surface area contributed by atoms with E-state index in [9.17, 15) is 0 Å². The van der Waals surface area contributed by atoms with E-state index in [2.05, 4.69) is 0 Å². The lowest BCUT2D eigenvalue weighted by atomic mass is 10.1. The Bertz CT molecular complexity index is 120. The van der Waals surface area contributed by atoms with Crippen LogP contribution in [0.2, 0.25) is 0 Å². The van der Waals surface area contributed by atoms with Crippen molar-refractivity contribution in [2.24, 2.45) is 0 Å². The smallest absolute Gasteiger partial charge is 0.166 e. The van der Waals surface area contributed by atoms with Crippen LogP contribution in [0.1, 0.15) is 26.2 Å². The fourth-order valence-corrected chi connectivity index (χ4v) is 1.61. The second kappa shape index (κ2) is 1.70. The van der Waals surface area contributed by atoms with E-state index in [1.807, 2.05) is 6.92 Å². The largest absolute Gasteiger partial charge is 0.348 e. The highest BCUT2D eigenvalue weighted by atomic mass is 16.7. The van der Waals surface area contributed by atoms with Crippen molar-refractivity contribution in [2.45, 2.75) is 38.1 Å². The summed E-state index contributed by atoms with van der Waals surface area (Å²) >= 11 is 0. The molecule has 0 aromatic rings. The van der Waals surface area contributed by atoms with Gasteiger partial charge in [0.2, 0.25) is 0 Å². The zero-order valence-electron chi connectivity index (χ0n) is 5.72. The normalized spacial score (nSPS) is 49.7. The molecule has 2 rings (SSSR count). The Labute approximate surface area is 55.1 Å². The quantitative estimate of drug-likeness (QED) is 0.489. The molecule has 52 valence electrons. The molecule has 2 fully saturated rings. The SMILES string of the molecule is CC12CCCC(CO1)O2. The van der Waals surface area contributed by atoms with Gasteiger partial charge in [-0.05, 0) is 19.8 Å². The highest BCUT2D eigenvalue weighted by molar-refractivity contribution is 4.80. The molecule has 2 unspecified atom stereocenters. The summed E-state index contributed by atoms with van der Waals surface area (Å²) < 4.78 is 11.0. The lowest BCUT2D eigenvalue weighted by Gasteiger charge is -2.27. The van der Waals surface area contributed by atoms with Gasteiger partial charge in [0.05, 0.1) is 12.7 Å². The Kier molecular flexibility index (Phi) is 1.08. The van der Waals surface area contributed by atoms with Crippen LogP contribution in [-0.2, 0) is 9.47 Å². The molecule has 0 amide bonds. The Balaban J connectivity index is 2.13. The van der Waals surface area contributed by atoms with Gasteiger partial charge in [0, 0.05) is 6.42 Å². The maximum absolute atomic E-state index is 5.56. The third-order valence-electron chi connectivity index (χ3n) is 2.15. The molecular weight excluding hydrogens is 116 g/mol. The first-order valence-corrected chi connectivity index (χ1v) is 3.60. The monoisotopic (exact) mass is 128 g/mol. The zero-order valence-corrected chi connectivity index (χ0v) is 5.72. The van der Waals surface area contributed by atoms with Crippen LogP contribution < -0.4 is 0 Å². The molecule has 0 aromatic carbocycles. The van der Waals surface area contributed by atoms with Crippen molar-refractivity contribution in [3.63, 3.8) is 0 Å². The Morgan fingerprint density at radius 1 is 1.56 bits per heavy atom. The Morgan fingerprint density at radius 2 is 2.44 bits per heavy atom. The summed E-state index contributed by atoms with van der Waals surface area (Å²) in [6.45, 7) is 2.85. The van der Waals surface area contributed by atoms with Gasteiger partial charge in [-0.3, -0.25) is 0 Å². The van der Waals surface area contributed by atoms with Gasteiger partial charge in [0.1, 0.15) is 0 Å². The fourth-order valence-electron chi connectivity index (χ4n) is 1.61. The van der Waals surface area contributed by atoms with Gasteiger partial charge >= 0.3 is 0 Å². The summed E-state index contributed by atoms with van der Waals surface area (Å²) in [7, 11) is 0. The first kappa shape index (κ1) is 5.69. The first-order chi connectivity index (χ1) is 4.29. The summed E-state index contributed by atoms with van der Waals surface area (Å²) in [5.41, 5.74) is 0. The molecule has 2 bridgehead atoms. The summed E-state index contributed by atoms with van der Waals surface area (Å²) in [5.74, 6) is -0.205. The average Bonchev–Trinajstić information content (AvgIpc) is 2.07. The first-order valence-electron chi connectivity index (χ1n) is 3.60. The van der Waals surface area contributed by atoms with Crippen molar-refractivity contribution >= 4 is 0 Å². The fraction of sp³-hybridized carbons (Fsp3) is 1.00. The molecule has 2 nitrogen and oxygen atoms in total. The minimum absolute atomic E-state index is 0.205. The summed E-state index contributed by atoms with van der Waals surface area (Å²) in [4.78, 5) is 0. The van der Waals surface area contributed by atoms with Crippen molar-refractivity contribution < 1.29 is 9.47 Å². The molecule has 0 spiro atoms. The summed E-state index contributed by atoms with van der Waals surface area (Å²) in [5, 5.41) is 0. The van der Waals surface area contributed by atoms with Gasteiger partial charge < -0.3 is 9.47 Å². The maximum Gasteiger partial charge on any atom is 0.166 e. The number of ether oxygens (including phenoxy) is 2. The molecular formula is C7H12O2. The Morgan fingerprint density at radius 3 is 3.11 bits per heavy atom. The molecule has 0 aromatic heterocycles. The van der Waals surface area contributed by atoms with Crippen molar-refractivity contribution in [3.05, 3.63) is 0 Å². The molecule has 0 N–H and O–H groups in total. The molecule has 2 aliphatic heterocycles. The van der Waals surface area contributed by atoms with Crippen molar-refractivity contribution in [1.82, 2.24) is 0 Å². The minimum atomic E-state index is -0.205. The van der Waals surface area contributed by atoms with E-state index >= 15 is 0 Å². The van der Waals surface area contributed by atoms with Gasteiger partial charge in [-0.1, -0.05) is 0 Å². The van der Waals surface area contributed by atoms with Gasteiger partial charge in [-0.15, -0.1) is 0 Å². The van der Waals surface area contributed by atoms with Gasteiger partial charge in [0.25, 0.3) is 0 Å². The van der Waals surface area contributed by atoms with E-state index in [0.29, 0.717) is 6.10 Å². The third kappa shape index (κ3) is 0.864. The van der Waals surface area contributed by atoms with E-state index in [1.54, 1.807) is 0 Å². The predicted molar refractivity (Wildman–Crippen MR) is 33.1 cm³/mol. The average molecular weight is 128 g/mol. The van der Waals surface area contributed by atoms with Crippen LogP contribution in [0.25, 0.3) is 0 Å². The second-order valence-electron chi connectivity index (χ2n) is 3.08. The molecule has 0 radical (unpaired) electrons. The standard InChI is InChI=1S/C7H12O2/c1-7-4-2-3-6(9-7)5-8-7/h6H,2-5H2,1H3. The van der Waals surface area contributed by atoms with Crippen LogP contribution in [0, 0.1) is 0 Å². The molecule has 2 heterocycles. The summed E-state index contributed by atoms with van der Waals surface area (Å²) in [6.07, 6.45) is 3.93. The second-order valence-corrected chi connectivity index (χ2v) is 3.08. The lowest BCUT2D eigenvalue weighted by molar-refractivity contribution is -0.173. The molecule has 2 atom stereocenters. The van der Waals surface area contributed by atoms with Gasteiger partial charge in [0.15, 0.2) is 5.79 Å². The highest BCUT2D eigenvalue weighted by Gasteiger charge is 2.40. The van der Waals surface area contributed by atoms with E-state index in [1.165, 1.54) is 12.8 Å². The van der Waals surface area contributed by atoms with Crippen LogP contribution in [0.5, 0.6) is 0 Å². The highest BCUT2D eigenvalue weighted by Crippen LogP contribution is 2.35. The topological polar surface area (TPSA) is 18.5 Å². The van der Waals surface area contributed by atoms with Crippen molar-refractivity contribution in [1.29, 1.82) is 0 Å². The van der Waals surface area contributed by atoms with Crippen LogP contribution in [0.3, 0.4) is 0 Å². The minimum Gasteiger partial charge on any atom is -0.348 e. The molecule has 2 saturated heterocycles. The summed E-state index contributed by atoms with van der Waals surface area (Å²) in [6, 6.07) is 0. The van der Waals surface area contributed by atoms with E-state index in [4.69, 9.17) is 9.47 Å². The van der Waals surface area contributed by atoms with Crippen LogP contribution in [0.4, 0.5) is 0 Å². The maximum atomic E-state index is 5.56. The molecule has 2 aliphatic rings. The lowest BCUT2D eigenvalue weighted by Crippen LogP contribution is -2.30. The zero-order chi connectivity index (χ0) is 6.32. The van der Waals surface area contributed by atoms with Crippen LogP contribution in [-0.4, -0.2) is 18.5 Å². The number of hydrogen-bond donors (Lipinski definition) is 0. The number of fused-ring (bicyclic) bond motifs is 2. The van der Waals surface area contributed by atoms with E-state index < -0.39 is 0 Å². The third-order valence-corrected chi connectivity index (χ3v) is 2.15. The van der Waals surface area contributed by atoms with Crippen molar-refractivity contribution in [2.75, 3.05) is 6.61 Å². The predicted octanol–water partition coefficient (Wildman–Crippen LogP) is 1.30. The molecule has 0 aliphatic carbocycles. The van der Waals surface area contributed by atoms with Crippen molar-refractivity contribution in [3.8, 4) is 0 Å². The van der Waals surface area contributed by atoms with E-state index in [0.717, 1.165) is 13.0 Å². The van der Waals surface area contributed by atoms with Crippen LogP contribution >= 0.6 is 0 Å². The van der Waals surface area contributed by atoms with Gasteiger partial charge in [-0.2, -0.15) is 0 Å².